The average Bonchev–Trinajstić information content (AvgIpc) is 3.02. The fraction of sp³-hybridized carbons (Fsp3) is 0.500. The Labute approximate surface area is 168 Å². The van der Waals surface area contributed by atoms with Crippen molar-refractivity contribution in [3.8, 4) is 0 Å². The van der Waals surface area contributed by atoms with E-state index in [1.807, 2.05) is 24.3 Å². The van der Waals surface area contributed by atoms with Crippen LogP contribution in [0, 0.1) is 5.92 Å². The summed E-state index contributed by atoms with van der Waals surface area (Å²) in [6.07, 6.45) is 7.95. The van der Waals surface area contributed by atoms with Gasteiger partial charge < -0.3 is 15.2 Å². The van der Waals surface area contributed by atoms with Crippen molar-refractivity contribution in [3.63, 3.8) is 0 Å². The van der Waals surface area contributed by atoms with E-state index in [1.54, 1.807) is 6.21 Å². The van der Waals surface area contributed by atoms with Gasteiger partial charge in [0.15, 0.2) is 5.17 Å². The number of carboxylic acid groups (broad SMARTS) is 1. The highest BCUT2D eigenvalue weighted by Gasteiger charge is 2.32. The third-order valence-corrected chi connectivity index (χ3v) is 5.89. The number of carboxylic acids is 1. The third-order valence-electron chi connectivity index (χ3n) is 4.82. The maximum absolute atomic E-state index is 11.6. The molecule has 1 amide bonds. The summed E-state index contributed by atoms with van der Waals surface area (Å²) in [4.78, 5) is 22.3. The number of hydrogen-bond donors (Lipinski definition) is 2. The fourth-order valence-electron chi connectivity index (χ4n) is 3.29. The van der Waals surface area contributed by atoms with Crippen molar-refractivity contribution in [2.75, 3.05) is 6.61 Å². The van der Waals surface area contributed by atoms with Gasteiger partial charge in [-0.25, -0.2) is 0 Å². The van der Waals surface area contributed by atoms with Crippen LogP contribution in [-0.2, 0) is 20.9 Å². The summed E-state index contributed by atoms with van der Waals surface area (Å²) in [7, 11) is 0. The van der Waals surface area contributed by atoms with Crippen molar-refractivity contribution in [1.82, 2.24) is 5.32 Å². The molecular weight excluding hydrogens is 378 g/mol. The molecule has 0 spiro atoms. The number of nitrogens with one attached hydrogen (secondary N) is 1. The van der Waals surface area contributed by atoms with E-state index in [-0.39, 0.29) is 12.3 Å². The topological polar surface area (TPSA) is 100 Å². The average molecular weight is 404 g/mol. The Morgan fingerprint density at radius 2 is 2.00 bits per heavy atom. The van der Waals surface area contributed by atoms with E-state index < -0.39 is 11.2 Å². The highest BCUT2D eigenvalue weighted by Crippen LogP contribution is 2.24. The van der Waals surface area contributed by atoms with Gasteiger partial charge in [-0.2, -0.15) is 5.10 Å². The van der Waals surface area contributed by atoms with E-state index in [1.165, 1.54) is 32.1 Å². The lowest BCUT2D eigenvalue weighted by molar-refractivity contribution is -0.138. The number of aliphatic carboxylic acids is 1. The van der Waals surface area contributed by atoms with Gasteiger partial charge in [0.05, 0.1) is 19.2 Å². The molecule has 1 heterocycles. The minimum absolute atomic E-state index is 0.233. The highest BCUT2D eigenvalue weighted by atomic mass is 32.2. The number of carbonyl (C=O) groups is 2. The van der Waals surface area contributed by atoms with Crippen LogP contribution in [0.4, 0.5) is 0 Å². The fourth-order valence-corrected chi connectivity index (χ4v) is 4.21. The van der Waals surface area contributed by atoms with Crippen LogP contribution in [0.1, 0.15) is 49.7 Å². The predicted molar refractivity (Wildman–Crippen MR) is 109 cm³/mol. The molecule has 1 aliphatic heterocycles. The normalized spacial score (nSPS) is 22.1. The number of carbonyl (C=O) groups excluding carboxylic acids is 1. The van der Waals surface area contributed by atoms with Crippen molar-refractivity contribution in [1.29, 1.82) is 0 Å². The molecule has 2 fully saturated rings. The second kappa shape index (κ2) is 10.4. The van der Waals surface area contributed by atoms with E-state index in [0.29, 0.717) is 17.7 Å². The highest BCUT2D eigenvalue weighted by molar-refractivity contribution is 8.15. The molecule has 2 N–H and O–H groups in total. The number of thioether (sulfide) groups is 1. The first-order chi connectivity index (χ1) is 13.6. The summed E-state index contributed by atoms with van der Waals surface area (Å²) >= 11 is 1.08. The van der Waals surface area contributed by atoms with Crippen LogP contribution < -0.4 is 5.32 Å². The number of amidine groups is 1. The van der Waals surface area contributed by atoms with Gasteiger partial charge in [0.2, 0.25) is 5.91 Å². The largest absolute Gasteiger partial charge is 0.481 e. The van der Waals surface area contributed by atoms with Crippen molar-refractivity contribution in [2.45, 2.75) is 50.4 Å². The maximum Gasteiger partial charge on any atom is 0.305 e. The van der Waals surface area contributed by atoms with Crippen LogP contribution in [-0.4, -0.2) is 40.2 Å². The Morgan fingerprint density at radius 3 is 2.71 bits per heavy atom. The van der Waals surface area contributed by atoms with Gasteiger partial charge >= 0.3 is 5.97 Å². The minimum Gasteiger partial charge on any atom is -0.481 e. The molecule has 2 aliphatic rings. The van der Waals surface area contributed by atoms with Gasteiger partial charge in [0, 0.05) is 6.61 Å². The second-order valence-electron chi connectivity index (χ2n) is 7.10. The van der Waals surface area contributed by atoms with Crippen LogP contribution in [0.3, 0.4) is 0 Å². The lowest BCUT2D eigenvalue weighted by Gasteiger charge is -2.21. The van der Waals surface area contributed by atoms with E-state index in [9.17, 15) is 9.59 Å². The molecule has 8 heteroatoms. The number of amides is 1. The van der Waals surface area contributed by atoms with Gasteiger partial charge in [0.25, 0.3) is 0 Å². The smallest absolute Gasteiger partial charge is 0.305 e. The zero-order valence-corrected chi connectivity index (χ0v) is 16.5. The summed E-state index contributed by atoms with van der Waals surface area (Å²) in [5, 5.41) is 18.9. The molecule has 1 aromatic carbocycles. The standard InChI is InChI=1S/C20H25N3O4S/c24-18(25)10-17-19(26)22-20(28-17)23-21-11-14-6-8-16(9-7-14)13-27-12-15-4-2-1-3-5-15/h6-9,11,15,17H,1-5,10,12-13H2,(H,24,25)(H,22,23,26). The first-order valence-electron chi connectivity index (χ1n) is 9.57. The van der Waals surface area contributed by atoms with Gasteiger partial charge in [-0.3, -0.25) is 9.59 Å². The molecule has 1 unspecified atom stereocenters. The molecular formula is C20H25N3O4S. The Hall–Kier alpha value is -2.19. The SMILES string of the molecule is O=C(O)CC1SC(=NN=Cc2ccc(COCC3CCCCC3)cc2)NC1=O. The summed E-state index contributed by atoms with van der Waals surface area (Å²) in [6, 6.07) is 7.89. The Balaban J connectivity index is 1.43. The summed E-state index contributed by atoms with van der Waals surface area (Å²) in [6.45, 7) is 1.46. The summed E-state index contributed by atoms with van der Waals surface area (Å²) in [5.41, 5.74) is 2.01. The van der Waals surface area contributed by atoms with E-state index in [0.717, 1.165) is 29.5 Å². The number of ether oxygens (including phenoxy) is 1. The molecule has 1 aromatic rings. The molecule has 1 atom stereocenters. The van der Waals surface area contributed by atoms with Crippen molar-refractivity contribution < 1.29 is 19.4 Å². The lowest BCUT2D eigenvalue weighted by atomic mass is 9.90. The van der Waals surface area contributed by atoms with Crippen LogP contribution in [0.5, 0.6) is 0 Å². The number of benzene rings is 1. The van der Waals surface area contributed by atoms with Crippen LogP contribution in [0.25, 0.3) is 0 Å². The van der Waals surface area contributed by atoms with Crippen LogP contribution >= 0.6 is 11.8 Å². The van der Waals surface area contributed by atoms with Crippen LogP contribution in [0.2, 0.25) is 0 Å². The van der Waals surface area contributed by atoms with Gasteiger partial charge in [-0.05, 0) is 29.9 Å². The Morgan fingerprint density at radius 1 is 1.25 bits per heavy atom. The monoisotopic (exact) mass is 403 g/mol. The van der Waals surface area contributed by atoms with Crippen molar-refractivity contribution in [3.05, 3.63) is 35.4 Å². The molecule has 7 nitrogen and oxygen atoms in total. The molecule has 28 heavy (non-hydrogen) atoms. The second-order valence-corrected chi connectivity index (χ2v) is 8.30. The van der Waals surface area contributed by atoms with Gasteiger partial charge in [-0.1, -0.05) is 55.3 Å². The number of hydrogen-bond acceptors (Lipinski definition) is 6. The summed E-state index contributed by atoms with van der Waals surface area (Å²) in [5.74, 6) is -0.651. The quantitative estimate of drug-likeness (QED) is 0.513. The van der Waals surface area contributed by atoms with Crippen LogP contribution in [0.15, 0.2) is 34.5 Å². The molecule has 3 rings (SSSR count). The zero-order valence-electron chi connectivity index (χ0n) is 15.7. The summed E-state index contributed by atoms with van der Waals surface area (Å²) < 4.78 is 5.85. The molecule has 0 bridgehead atoms. The first kappa shape index (κ1) is 20.5. The van der Waals surface area contributed by atoms with Crippen molar-refractivity contribution >= 4 is 35.0 Å². The first-order valence-corrected chi connectivity index (χ1v) is 10.4. The molecule has 1 aliphatic carbocycles. The molecule has 1 saturated carbocycles. The van der Waals surface area contributed by atoms with Gasteiger partial charge in [0.1, 0.15) is 5.25 Å². The minimum atomic E-state index is -1.01. The Kier molecular flexibility index (Phi) is 7.62. The lowest BCUT2D eigenvalue weighted by Crippen LogP contribution is -2.26. The van der Waals surface area contributed by atoms with Gasteiger partial charge in [-0.15, -0.1) is 5.10 Å². The zero-order chi connectivity index (χ0) is 19.8. The van der Waals surface area contributed by atoms with Crippen molar-refractivity contribution in [2.24, 2.45) is 16.1 Å². The predicted octanol–water partition coefficient (Wildman–Crippen LogP) is 3.18. The van der Waals surface area contributed by atoms with E-state index >= 15 is 0 Å². The van der Waals surface area contributed by atoms with E-state index in [2.05, 4.69) is 15.5 Å². The molecule has 150 valence electrons. The molecule has 0 aromatic heterocycles. The maximum atomic E-state index is 11.6. The molecule has 1 saturated heterocycles. The third kappa shape index (κ3) is 6.45. The Bertz CT molecular complexity index is 742. The molecule has 0 radical (unpaired) electrons. The number of nitrogens with zero attached hydrogens (tertiary/aromatic N) is 2. The van der Waals surface area contributed by atoms with E-state index in [4.69, 9.17) is 9.84 Å². The number of rotatable bonds is 8.